The highest BCUT2D eigenvalue weighted by molar-refractivity contribution is 8.00. The van der Waals surface area contributed by atoms with E-state index in [9.17, 15) is 4.79 Å². The van der Waals surface area contributed by atoms with Gasteiger partial charge in [-0.25, -0.2) is 0 Å². The highest BCUT2D eigenvalue weighted by Crippen LogP contribution is 2.24. The van der Waals surface area contributed by atoms with E-state index in [0.29, 0.717) is 5.56 Å². The molecule has 1 unspecified atom stereocenters. The molecule has 0 spiro atoms. The average Bonchev–Trinajstić information content (AvgIpc) is 3.04. The molecule has 22 heavy (non-hydrogen) atoms. The minimum absolute atomic E-state index is 0.134. The third kappa shape index (κ3) is 4.68. The van der Waals surface area contributed by atoms with Gasteiger partial charge in [-0.1, -0.05) is 13.0 Å². The topological polar surface area (TPSA) is 62.4 Å². The van der Waals surface area contributed by atoms with Gasteiger partial charge in [-0.15, -0.1) is 0 Å². The lowest BCUT2D eigenvalue weighted by molar-refractivity contribution is 0.0984. The van der Waals surface area contributed by atoms with Gasteiger partial charge in [-0.2, -0.15) is 0 Å². The Morgan fingerprint density at radius 3 is 3.09 bits per heavy atom. The Labute approximate surface area is 136 Å². The highest BCUT2D eigenvalue weighted by Gasteiger charge is 2.18. The number of carbonyl (C=O) groups is 1. The average molecular weight is 321 g/mol. The van der Waals surface area contributed by atoms with Gasteiger partial charge in [-0.05, 0) is 54.9 Å². The van der Waals surface area contributed by atoms with Crippen LogP contribution in [0.15, 0.2) is 29.7 Å². The predicted octanol–water partition coefficient (Wildman–Crippen LogP) is 2.77. The Balaban J connectivity index is 2.06. The number of nitrogens with one attached hydrogen (secondary N) is 3. The maximum absolute atomic E-state index is 12.3. The SMILES string of the molecule is CC/C=C\SNC(=O)c1cc(OC2CCNC2)ccc1NC. The molecule has 1 heterocycles. The predicted molar refractivity (Wildman–Crippen MR) is 92.4 cm³/mol. The molecule has 0 radical (unpaired) electrons. The van der Waals surface area contributed by atoms with E-state index in [1.54, 1.807) is 13.1 Å². The standard InChI is InChI=1S/C16H23N3O2S/c1-3-4-9-22-19-16(20)14-10-12(5-6-15(14)17-2)21-13-7-8-18-11-13/h4-6,9-10,13,17-18H,3,7-8,11H2,1-2H3,(H,19,20)/b9-4-. The van der Waals surface area contributed by atoms with Crippen molar-refractivity contribution in [2.24, 2.45) is 0 Å². The molecule has 0 aliphatic carbocycles. The molecule has 6 heteroatoms. The van der Waals surface area contributed by atoms with E-state index in [2.05, 4.69) is 22.3 Å². The normalized spacial score (nSPS) is 17.6. The summed E-state index contributed by atoms with van der Waals surface area (Å²) in [5, 5.41) is 8.18. The fourth-order valence-electron chi connectivity index (χ4n) is 2.21. The van der Waals surface area contributed by atoms with E-state index in [1.165, 1.54) is 11.9 Å². The first-order chi connectivity index (χ1) is 10.7. The molecule has 1 saturated heterocycles. The lowest BCUT2D eigenvalue weighted by Gasteiger charge is -2.15. The third-order valence-corrected chi connectivity index (χ3v) is 4.01. The minimum atomic E-state index is -0.134. The fourth-order valence-corrected chi connectivity index (χ4v) is 2.78. The van der Waals surface area contributed by atoms with E-state index >= 15 is 0 Å². The van der Waals surface area contributed by atoms with Crippen LogP contribution in [0.4, 0.5) is 5.69 Å². The summed E-state index contributed by atoms with van der Waals surface area (Å²) in [5.41, 5.74) is 1.37. The second-order valence-electron chi connectivity index (χ2n) is 5.02. The first kappa shape index (κ1) is 16.7. The third-order valence-electron chi connectivity index (χ3n) is 3.37. The summed E-state index contributed by atoms with van der Waals surface area (Å²) >= 11 is 1.28. The van der Waals surface area contributed by atoms with Crippen LogP contribution in [-0.2, 0) is 0 Å². The van der Waals surface area contributed by atoms with E-state index in [0.717, 1.165) is 37.4 Å². The van der Waals surface area contributed by atoms with Gasteiger partial charge in [0.1, 0.15) is 11.9 Å². The van der Waals surface area contributed by atoms with Gasteiger partial charge in [0.05, 0.1) is 5.56 Å². The van der Waals surface area contributed by atoms with Crippen molar-refractivity contribution in [2.75, 3.05) is 25.5 Å². The Hall–Kier alpha value is -1.66. The smallest absolute Gasteiger partial charge is 0.263 e. The molecular weight excluding hydrogens is 298 g/mol. The number of hydrogen-bond acceptors (Lipinski definition) is 5. The molecule has 5 nitrogen and oxygen atoms in total. The molecule has 1 aromatic carbocycles. The summed E-state index contributed by atoms with van der Waals surface area (Å²) in [5.74, 6) is 0.594. The Morgan fingerprint density at radius 1 is 1.55 bits per heavy atom. The fraction of sp³-hybridized carbons (Fsp3) is 0.438. The largest absolute Gasteiger partial charge is 0.489 e. The van der Waals surface area contributed by atoms with E-state index in [-0.39, 0.29) is 12.0 Å². The molecule has 120 valence electrons. The first-order valence-electron chi connectivity index (χ1n) is 7.54. The number of benzene rings is 1. The van der Waals surface area contributed by atoms with Crippen LogP contribution >= 0.6 is 11.9 Å². The molecule has 1 aliphatic heterocycles. The molecule has 1 aromatic rings. The second-order valence-corrected chi connectivity index (χ2v) is 5.73. The number of amides is 1. The maximum atomic E-state index is 12.3. The van der Waals surface area contributed by atoms with Crippen LogP contribution in [-0.4, -0.2) is 32.1 Å². The number of carbonyl (C=O) groups excluding carboxylic acids is 1. The Bertz CT molecular complexity index is 528. The number of rotatable bonds is 7. The number of ether oxygens (including phenoxy) is 1. The molecule has 1 aliphatic rings. The van der Waals surface area contributed by atoms with Crippen molar-refractivity contribution in [3.63, 3.8) is 0 Å². The van der Waals surface area contributed by atoms with Crippen molar-refractivity contribution in [3.05, 3.63) is 35.2 Å². The summed E-state index contributed by atoms with van der Waals surface area (Å²) in [6.07, 6.45) is 4.12. The molecule has 0 aromatic heterocycles. The highest BCUT2D eigenvalue weighted by atomic mass is 32.2. The molecule has 1 fully saturated rings. The van der Waals surface area contributed by atoms with Gasteiger partial charge in [0.2, 0.25) is 0 Å². The lowest BCUT2D eigenvalue weighted by Crippen LogP contribution is -2.20. The van der Waals surface area contributed by atoms with Crippen molar-refractivity contribution < 1.29 is 9.53 Å². The zero-order valence-corrected chi connectivity index (χ0v) is 13.8. The Kier molecular flexibility index (Phi) is 6.61. The van der Waals surface area contributed by atoms with Crippen LogP contribution < -0.4 is 20.1 Å². The molecular formula is C16H23N3O2S. The second kappa shape index (κ2) is 8.70. The summed E-state index contributed by atoms with van der Waals surface area (Å²) in [4.78, 5) is 12.3. The van der Waals surface area contributed by atoms with Gasteiger partial charge in [0.25, 0.3) is 5.91 Å². The zero-order chi connectivity index (χ0) is 15.8. The zero-order valence-electron chi connectivity index (χ0n) is 13.0. The molecule has 0 bridgehead atoms. The van der Waals surface area contributed by atoms with Crippen LogP contribution in [0.2, 0.25) is 0 Å². The number of allylic oxidation sites excluding steroid dienone is 1. The van der Waals surface area contributed by atoms with Gasteiger partial charge in [0, 0.05) is 19.3 Å². The summed E-state index contributed by atoms with van der Waals surface area (Å²) < 4.78 is 8.73. The van der Waals surface area contributed by atoms with Crippen molar-refractivity contribution in [1.82, 2.24) is 10.0 Å². The lowest BCUT2D eigenvalue weighted by atomic mass is 10.1. The molecule has 3 N–H and O–H groups in total. The molecule has 2 rings (SSSR count). The summed E-state index contributed by atoms with van der Waals surface area (Å²) in [7, 11) is 1.80. The Morgan fingerprint density at radius 2 is 2.41 bits per heavy atom. The summed E-state index contributed by atoms with van der Waals surface area (Å²) in [6.45, 7) is 3.89. The number of hydrogen-bond donors (Lipinski definition) is 3. The monoisotopic (exact) mass is 321 g/mol. The van der Waals surface area contributed by atoms with E-state index < -0.39 is 0 Å². The maximum Gasteiger partial charge on any atom is 0.263 e. The van der Waals surface area contributed by atoms with Crippen LogP contribution in [0, 0.1) is 0 Å². The molecule has 1 amide bonds. The van der Waals surface area contributed by atoms with E-state index in [4.69, 9.17) is 4.74 Å². The van der Waals surface area contributed by atoms with Crippen LogP contribution in [0.3, 0.4) is 0 Å². The van der Waals surface area contributed by atoms with Gasteiger partial charge in [0.15, 0.2) is 0 Å². The minimum Gasteiger partial charge on any atom is -0.489 e. The molecule has 0 saturated carbocycles. The van der Waals surface area contributed by atoms with Crippen molar-refractivity contribution in [1.29, 1.82) is 0 Å². The quantitative estimate of drug-likeness (QED) is 0.674. The first-order valence-corrected chi connectivity index (χ1v) is 8.42. The van der Waals surface area contributed by atoms with Crippen molar-refractivity contribution >= 4 is 23.5 Å². The van der Waals surface area contributed by atoms with E-state index in [1.807, 2.05) is 23.6 Å². The number of anilines is 1. The van der Waals surface area contributed by atoms with Crippen LogP contribution in [0.25, 0.3) is 0 Å². The molecule has 1 atom stereocenters. The summed E-state index contributed by atoms with van der Waals surface area (Å²) in [6, 6.07) is 5.56. The van der Waals surface area contributed by atoms with Crippen molar-refractivity contribution in [2.45, 2.75) is 25.9 Å². The van der Waals surface area contributed by atoms with Gasteiger partial charge >= 0.3 is 0 Å². The van der Waals surface area contributed by atoms with Crippen LogP contribution in [0.1, 0.15) is 30.1 Å². The van der Waals surface area contributed by atoms with Crippen LogP contribution in [0.5, 0.6) is 5.75 Å². The van der Waals surface area contributed by atoms with Gasteiger partial charge in [-0.3, -0.25) is 9.52 Å². The van der Waals surface area contributed by atoms with Gasteiger partial charge < -0.3 is 15.4 Å². The van der Waals surface area contributed by atoms with Crippen molar-refractivity contribution in [3.8, 4) is 5.75 Å².